The average Bonchev–Trinajstić information content (AvgIpc) is 2.62. The fourth-order valence-electron chi connectivity index (χ4n) is 2.34. The SMILES string of the molecule is CCOC(=O)C(C)(C(=O)OCC)c1nccnc1-c1ccccc1. The molecule has 0 bridgehead atoms. The minimum Gasteiger partial charge on any atom is -0.465 e. The van der Waals surface area contributed by atoms with Crippen LogP contribution in [-0.2, 0) is 24.5 Å². The van der Waals surface area contributed by atoms with Crippen molar-refractivity contribution in [3.8, 4) is 11.3 Å². The van der Waals surface area contributed by atoms with Gasteiger partial charge in [0.25, 0.3) is 0 Å². The predicted octanol–water partition coefficient (Wildman–Crippen LogP) is 2.53. The van der Waals surface area contributed by atoms with Gasteiger partial charge in [0.1, 0.15) is 0 Å². The first-order chi connectivity index (χ1) is 11.6. The number of esters is 2. The third-order valence-electron chi connectivity index (χ3n) is 3.59. The predicted molar refractivity (Wildman–Crippen MR) is 88.1 cm³/mol. The van der Waals surface area contributed by atoms with E-state index >= 15 is 0 Å². The summed E-state index contributed by atoms with van der Waals surface area (Å²) >= 11 is 0. The molecule has 0 radical (unpaired) electrons. The third kappa shape index (κ3) is 3.27. The maximum absolute atomic E-state index is 12.6. The second kappa shape index (κ2) is 7.68. The Kier molecular flexibility index (Phi) is 5.63. The third-order valence-corrected chi connectivity index (χ3v) is 3.59. The van der Waals surface area contributed by atoms with Crippen LogP contribution in [-0.4, -0.2) is 35.1 Å². The lowest BCUT2D eigenvalue weighted by Gasteiger charge is -2.25. The Morgan fingerprint density at radius 1 is 0.958 bits per heavy atom. The fraction of sp³-hybridized carbons (Fsp3) is 0.333. The molecule has 1 heterocycles. The molecule has 6 heteroatoms. The molecule has 0 aliphatic rings. The van der Waals surface area contributed by atoms with Gasteiger partial charge >= 0.3 is 11.9 Å². The Morgan fingerprint density at radius 2 is 1.50 bits per heavy atom. The number of aromatic nitrogens is 2. The minimum atomic E-state index is -1.69. The van der Waals surface area contributed by atoms with E-state index in [0.717, 1.165) is 5.56 Å². The summed E-state index contributed by atoms with van der Waals surface area (Å²) in [5.74, 6) is -1.41. The summed E-state index contributed by atoms with van der Waals surface area (Å²) < 4.78 is 10.2. The Balaban J connectivity index is 2.63. The molecule has 24 heavy (non-hydrogen) atoms. The second-order valence-corrected chi connectivity index (χ2v) is 5.19. The van der Waals surface area contributed by atoms with Gasteiger partial charge in [-0.3, -0.25) is 19.6 Å². The van der Waals surface area contributed by atoms with Crippen molar-refractivity contribution in [1.29, 1.82) is 0 Å². The van der Waals surface area contributed by atoms with Crippen molar-refractivity contribution in [2.45, 2.75) is 26.2 Å². The van der Waals surface area contributed by atoms with Gasteiger partial charge in [0.2, 0.25) is 5.41 Å². The molecule has 6 nitrogen and oxygen atoms in total. The van der Waals surface area contributed by atoms with Crippen molar-refractivity contribution in [1.82, 2.24) is 9.97 Å². The smallest absolute Gasteiger partial charge is 0.329 e. The first-order valence-electron chi connectivity index (χ1n) is 7.77. The van der Waals surface area contributed by atoms with Crippen LogP contribution < -0.4 is 0 Å². The first-order valence-corrected chi connectivity index (χ1v) is 7.77. The van der Waals surface area contributed by atoms with E-state index < -0.39 is 17.4 Å². The maximum atomic E-state index is 12.6. The second-order valence-electron chi connectivity index (χ2n) is 5.19. The summed E-state index contributed by atoms with van der Waals surface area (Å²) in [5, 5.41) is 0. The van der Waals surface area contributed by atoms with Crippen molar-refractivity contribution in [2.75, 3.05) is 13.2 Å². The van der Waals surface area contributed by atoms with Crippen LogP contribution in [0.5, 0.6) is 0 Å². The molecule has 0 N–H and O–H groups in total. The molecule has 2 aromatic rings. The lowest BCUT2D eigenvalue weighted by Crippen LogP contribution is -2.44. The van der Waals surface area contributed by atoms with E-state index in [1.165, 1.54) is 19.3 Å². The number of hydrogen-bond donors (Lipinski definition) is 0. The van der Waals surface area contributed by atoms with Gasteiger partial charge in [0.15, 0.2) is 0 Å². The van der Waals surface area contributed by atoms with Gasteiger partial charge in [0, 0.05) is 18.0 Å². The van der Waals surface area contributed by atoms with Crippen LogP contribution in [0.15, 0.2) is 42.7 Å². The Hall–Kier alpha value is -2.76. The Bertz CT molecular complexity index is 698. The van der Waals surface area contributed by atoms with Crippen molar-refractivity contribution in [2.24, 2.45) is 0 Å². The molecule has 126 valence electrons. The zero-order chi connectivity index (χ0) is 17.6. The van der Waals surface area contributed by atoms with Crippen LogP contribution >= 0.6 is 0 Å². The topological polar surface area (TPSA) is 78.4 Å². The standard InChI is InChI=1S/C18H20N2O4/c1-4-23-16(21)18(3,17(22)24-5-2)15-14(19-11-12-20-15)13-9-7-6-8-10-13/h6-12H,4-5H2,1-3H3. The van der Waals surface area contributed by atoms with E-state index in [1.807, 2.05) is 30.3 Å². The van der Waals surface area contributed by atoms with Crippen molar-refractivity contribution >= 4 is 11.9 Å². The lowest BCUT2D eigenvalue weighted by molar-refractivity contribution is -0.164. The van der Waals surface area contributed by atoms with Gasteiger partial charge in [-0.1, -0.05) is 30.3 Å². The Morgan fingerprint density at radius 3 is 2.04 bits per heavy atom. The summed E-state index contributed by atoms with van der Waals surface area (Å²) in [6.07, 6.45) is 2.96. The van der Waals surface area contributed by atoms with Gasteiger partial charge in [-0.2, -0.15) is 0 Å². The number of ether oxygens (including phenoxy) is 2. The molecule has 0 fully saturated rings. The van der Waals surface area contributed by atoms with Crippen molar-refractivity contribution in [3.05, 3.63) is 48.4 Å². The van der Waals surface area contributed by atoms with Gasteiger partial charge < -0.3 is 9.47 Å². The van der Waals surface area contributed by atoms with E-state index in [4.69, 9.17) is 9.47 Å². The van der Waals surface area contributed by atoms with E-state index in [0.29, 0.717) is 5.69 Å². The van der Waals surface area contributed by atoms with Gasteiger partial charge in [0.05, 0.1) is 24.6 Å². The van der Waals surface area contributed by atoms with Crippen LogP contribution in [0, 0.1) is 0 Å². The van der Waals surface area contributed by atoms with Crippen molar-refractivity contribution in [3.63, 3.8) is 0 Å². The highest BCUT2D eigenvalue weighted by Crippen LogP contribution is 2.32. The molecule has 0 aliphatic carbocycles. The van der Waals surface area contributed by atoms with E-state index in [-0.39, 0.29) is 18.9 Å². The molecule has 2 rings (SSSR count). The summed E-state index contributed by atoms with van der Waals surface area (Å²) in [4.78, 5) is 33.7. The molecule has 0 saturated heterocycles. The molecule has 0 aliphatic heterocycles. The largest absolute Gasteiger partial charge is 0.465 e. The molecule has 0 saturated carbocycles. The highest BCUT2D eigenvalue weighted by atomic mass is 16.6. The van der Waals surface area contributed by atoms with E-state index in [9.17, 15) is 9.59 Å². The van der Waals surface area contributed by atoms with Gasteiger partial charge in [-0.25, -0.2) is 0 Å². The summed E-state index contributed by atoms with van der Waals surface area (Å²) in [6.45, 7) is 5.11. The van der Waals surface area contributed by atoms with Crippen LogP contribution in [0.3, 0.4) is 0 Å². The van der Waals surface area contributed by atoms with E-state index in [2.05, 4.69) is 9.97 Å². The molecule has 0 amide bonds. The number of hydrogen-bond acceptors (Lipinski definition) is 6. The number of carbonyl (C=O) groups excluding carboxylic acids is 2. The molecule has 0 spiro atoms. The molecule has 1 aromatic carbocycles. The zero-order valence-corrected chi connectivity index (χ0v) is 14.0. The number of rotatable bonds is 6. The maximum Gasteiger partial charge on any atom is 0.329 e. The summed E-state index contributed by atoms with van der Waals surface area (Å²) in [5.41, 5.74) is -0.277. The van der Waals surface area contributed by atoms with Gasteiger partial charge in [-0.15, -0.1) is 0 Å². The number of benzene rings is 1. The fourth-order valence-corrected chi connectivity index (χ4v) is 2.34. The summed E-state index contributed by atoms with van der Waals surface area (Å²) in [7, 11) is 0. The van der Waals surface area contributed by atoms with Crippen molar-refractivity contribution < 1.29 is 19.1 Å². The highest BCUT2D eigenvalue weighted by molar-refractivity contribution is 6.06. The summed E-state index contributed by atoms with van der Waals surface area (Å²) in [6, 6.07) is 9.24. The van der Waals surface area contributed by atoms with Crippen LogP contribution in [0.25, 0.3) is 11.3 Å². The lowest BCUT2D eigenvalue weighted by atomic mass is 9.83. The first kappa shape index (κ1) is 17.6. The quantitative estimate of drug-likeness (QED) is 0.599. The zero-order valence-electron chi connectivity index (χ0n) is 14.0. The monoisotopic (exact) mass is 328 g/mol. The number of carbonyl (C=O) groups is 2. The van der Waals surface area contributed by atoms with Gasteiger partial charge in [-0.05, 0) is 20.8 Å². The normalized spacial score (nSPS) is 11.0. The number of nitrogens with zero attached hydrogens (tertiary/aromatic N) is 2. The van der Waals surface area contributed by atoms with Crippen LogP contribution in [0.2, 0.25) is 0 Å². The minimum absolute atomic E-state index is 0.148. The van der Waals surface area contributed by atoms with Crippen LogP contribution in [0.1, 0.15) is 26.5 Å². The highest BCUT2D eigenvalue weighted by Gasteiger charge is 2.49. The average molecular weight is 328 g/mol. The van der Waals surface area contributed by atoms with Crippen LogP contribution in [0.4, 0.5) is 0 Å². The molecular formula is C18H20N2O4. The molecule has 0 unspecified atom stereocenters. The molecule has 0 atom stereocenters. The van der Waals surface area contributed by atoms with E-state index in [1.54, 1.807) is 13.8 Å². The molecular weight excluding hydrogens is 308 g/mol. The molecule has 1 aromatic heterocycles. The Labute approximate surface area is 140 Å².